The number of nitrogens with one attached hydrogen (secondary N) is 1. The number of hydrogen-bond acceptors (Lipinski definition) is 4. The number of aryl methyl sites for hydroxylation is 1. The van der Waals surface area contributed by atoms with Crippen LogP contribution >= 0.6 is 0 Å². The molecule has 6 heteroatoms. The third-order valence-corrected chi connectivity index (χ3v) is 2.18. The molecule has 0 atom stereocenters. The van der Waals surface area contributed by atoms with Crippen molar-refractivity contribution in [3.63, 3.8) is 0 Å². The van der Waals surface area contributed by atoms with Crippen molar-refractivity contribution in [3.8, 4) is 0 Å². The van der Waals surface area contributed by atoms with Crippen LogP contribution in [0.25, 0.3) is 11.1 Å². The van der Waals surface area contributed by atoms with Crippen LogP contribution in [-0.4, -0.2) is 4.57 Å². The fourth-order valence-electron chi connectivity index (χ4n) is 1.39. The summed E-state index contributed by atoms with van der Waals surface area (Å²) in [5, 5.41) is 3.56. The van der Waals surface area contributed by atoms with E-state index < -0.39 is 0 Å². The first-order valence-corrected chi connectivity index (χ1v) is 4.34. The van der Waals surface area contributed by atoms with Crippen molar-refractivity contribution in [3.05, 3.63) is 34.3 Å². The van der Waals surface area contributed by atoms with Crippen LogP contribution in [0.2, 0.25) is 0 Å². The number of benzene rings is 1. The van der Waals surface area contributed by atoms with Gasteiger partial charge in [-0.15, -0.1) is 0 Å². The Balaban J connectivity index is 2.58. The molecule has 76 valence electrons. The van der Waals surface area contributed by atoms with E-state index >= 15 is 0 Å². The van der Waals surface area contributed by atoms with Crippen molar-refractivity contribution in [2.75, 3.05) is 0 Å². The fraction of sp³-hybridized carbons (Fsp3) is 0.222. The van der Waals surface area contributed by atoms with Gasteiger partial charge < -0.3 is 4.42 Å². The van der Waals surface area contributed by atoms with E-state index in [0.29, 0.717) is 12.1 Å². The van der Waals surface area contributed by atoms with Crippen molar-refractivity contribution in [2.24, 2.45) is 12.2 Å². The van der Waals surface area contributed by atoms with E-state index in [2.05, 4.69) is 10.0 Å². The number of fused-ring (bicyclic) bond motifs is 1. The number of oxazole rings is 1. The lowest BCUT2D eigenvalue weighted by molar-refractivity contribution is 0.528. The Morgan fingerprint density at radius 3 is 3.13 bits per heavy atom. The van der Waals surface area contributed by atoms with Gasteiger partial charge in [0.2, 0.25) is 4.91 Å². The summed E-state index contributed by atoms with van der Waals surface area (Å²) in [6, 6.07) is 5.31. The molecule has 1 aromatic carbocycles. The summed E-state index contributed by atoms with van der Waals surface area (Å²) in [7, 11) is 1.64. The van der Waals surface area contributed by atoms with E-state index in [1.165, 1.54) is 4.57 Å². The Labute approximate surface area is 84.4 Å². The smallest absolute Gasteiger partial charge is 0.408 e. The van der Waals surface area contributed by atoms with Crippen LogP contribution in [-0.2, 0) is 13.6 Å². The Hall–Kier alpha value is -2.20. The van der Waals surface area contributed by atoms with Crippen LogP contribution in [0.15, 0.2) is 32.5 Å². The molecule has 0 spiro atoms. The summed E-state index contributed by atoms with van der Waals surface area (Å²) in [5.41, 5.74) is 8.70. The van der Waals surface area contributed by atoms with E-state index in [0.717, 1.165) is 11.1 Å². The molecule has 0 aliphatic carbocycles. The van der Waals surface area contributed by atoms with Gasteiger partial charge in [-0.05, 0) is 17.7 Å². The molecule has 2 aromatic rings. The molecule has 1 N–H and O–H groups in total. The molecular formula is C9H9N4O2+. The van der Waals surface area contributed by atoms with Crippen LogP contribution < -0.4 is 10.7 Å². The number of rotatable bonds is 2. The molecule has 1 aromatic heterocycles. The van der Waals surface area contributed by atoms with Gasteiger partial charge in [0.05, 0.1) is 5.52 Å². The SMILES string of the molecule is Cn1c(=O)oc2ccc(CN=[N+]=N)cc21. The number of nitrogens with zero attached hydrogens (tertiary/aromatic N) is 3. The Kier molecular flexibility index (Phi) is 2.19. The van der Waals surface area contributed by atoms with Crippen molar-refractivity contribution < 1.29 is 4.42 Å². The maximum atomic E-state index is 11.2. The van der Waals surface area contributed by atoms with Gasteiger partial charge in [0.25, 0.3) is 0 Å². The molecule has 0 saturated heterocycles. The van der Waals surface area contributed by atoms with Crippen LogP contribution in [0.1, 0.15) is 5.56 Å². The molecular weight excluding hydrogens is 196 g/mol. The van der Waals surface area contributed by atoms with E-state index in [1.54, 1.807) is 25.2 Å². The van der Waals surface area contributed by atoms with Gasteiger partial charge in [0.15, 0.2) is 5.58 Å². The van der Waals surface area contributed by atoms with Gasteiger partial charge in [-0.2, -0.15) is 0 Å². The minimum Gasteiger partial charge on any atom is -0.408 e. The maximum Gasteiger partial charge on any atom is 0.419 e. The Bertz CT molecular complexity index is 604. The van der Waals surface area contributed by atoms with E-state index in [1.807, 2.05) is 0 Å². The first-order valence-electron chi connectivity index (χ1n) is 4.34. The first kappa shape index (κ1) is 9.36. The zero-order valence-electron chi connectivity index (χ0n) is 8.10. The molecule has 0 amide bonds. The Morgan fingerprint density at radius 2 is 2.40 bits per heavy atom. The molecule has 0 fully saturated rings. The van der Waals surface area contributed by atoms with Crippen LogP contribution in [0.4, 0.5) is 0 Å². The van der Waals surface area contributed by atoms with Gasteiger partial charge in [0, 0.05) is 7.05 Å². The number of hydrogen-bond donors (Lipinski definition) is 1. The zero-order valence-corrected chi connectivity index (χ0v) is 8.10. The van der Waals surface area contributed by atoms with Crippen molar-refractivity contribution in [2.45, 2.75) is 6.54 Å². The van der Waals surface area contributed by atoms with Gasteiger partial charge in [-0.3, -0.25) is 4.57 Å². The lowest BCUT2D eigenvalue weighted by atomic mass is 10.2. The molecule has 6 nitrogen and oxygen atoms in total. The minimum atomic E-state index is -0.385. The summed E-state index contributed by atoms with van der Waals surface area (Å²) in [4.78, 5) is 14.1. The van der Waals surface area contributed by atoms with Crippen LogP contribution in [0.3, 0.4) is 0 Å². The van der Waals surface area contributed by atoms with Gasteiger partial charge in [0.1, 0.15) is 17.2 Å². The predicted octanol–water partition coefficient (Wildman–Crippen LogP) is 1.18. The average molecular weight is 205 g/mol. The second-order valence-electron chi connectivity index (χ2n) is 3.13. The Morgan fingerprint density at radius 1 is 1.60 bits per heavy atom. The molecule has 1 heterocycles. The predicted molar refractivity (Wildman–Crippen MR) is 52.4 cm³/mol. The lowest BCUT2D eigenvalue weighted by Crippen LogP contribution is -2.08. The monoisotopic (exact) mass is 205 g/mol. The van der Waals surface area contributed by atoms with E-state index in [4.69, 9.17) is 9.95 Å². The minimum absolute atomic E-state index is 0.332. The highest BCUT2D eigenvalue weighted by Crippen LogP contribution is 2.14. The highest BCUT2D eigenvalue weighted by atomic mass is 16.4. The maximum absolute atomic E-state index is 11.2. The lowest BCUT2D eigenvalue weighted by Gasteiger charge is -1.93. The summed E-state index contributed by atoms with van der Waals surface area (Å²) >= 11 is 0. The van der Waals surface area contributed by atoms with Crippen molar-refractivity contribution in [1.82, 2.24) is 9.48 Å². The summed E-state index contributed by atoms with van der Waals surface area (Å²) in [5.74, 6) is -0.385. The molecule has 0 unspecified atom stereocenters. The van der Waals surface area contributed by atoms with E-state index in [-0.39, 0.29) is 5.76 Å². The average Bonchev–Trinajstić information content (AvgIpc) is 2.52. The van der Waals surface area contributed by atoms with E-state index in [9.17, 15) is 4.79 Å². The molecule has 2 rings (SSSR count). The summed E-state index contributed by atoms with van der Waals surface area (Å²) in [6.45, 7) is 0.332. The highest BCUT2D eigenvalue weighted by molar-refractivity contribution is 5.73. The van der Waals surface area contributed by atoms with Crippen molar-refractivity contribution in [1.29, 1.82) is 5.53 Å². The van der Waals surface area contributed by atoms with Crippen LogP contribution in [0.5, 0.6) is 0 Å². The normalized spacial score (nSPS) is 10.2. The molecule has 0 aliphatic heterocycles. The molecule has 15 heavy (non-hydrogen) atoms. The molecule has 0 bridgehead atoms. The first-order chi connectivity index (χ1) is 7.22. The second kappa shape index (κ2) is 3.51. The standard InChI is InChI=1S/C9H9N4O2/c1-13-7-4-6(5-11-12-10)2-3-8(7)15-9(13)14/h2-4,10H,5H2,1H3/q+1. The van der Waals surface area contributed by atoms with Gasteiger partial charge in [-0.1, -0.05) is 6.07 Å². The third-order valence-electron chi connectivity index (χ3n) is 2.18. The zero-order chi connectivity index (χ0) is 10.8. The summed E-state index contributed by atoms with van der Waals surface area (Å²) < 4.78 is 6.40. The van der Waals surface area contributed by atoms with Gasteiger partial charge in [-0.25, -0.2) is 4.79 Å². The highest BCUT2D eigenvalue weighted by Gasteiger charge is 2.06. The largest absolute Gasteiger partial charge is 0.419 e. The molecule has 0 radical (unpaired) electrons. The third kappa shape index (κ3) is 1.58. The summed E-state index contributed by atoms with van der Waals surface area (Å²) in [6.07, 6.45) is 0. The molecule has 0 aliphatic rings. The molecule has 0 saturated carbocycles. The quantitative estimate of drug-likeness (QED) is 0.589. The van der Waals surface area contributed by atoms with Gasteiger partial charge >= 0.3 is 5.76 Å². The second-order valence-corrected chi connectivity index (χ2v) is 3.13. The van der Waals surface area contributed by atoms with Crippen molar-refractivity contribution >= 4 is 11.1 Å². The number of aromatic nitrogens is 1. The topological polar surface area (TPSA) is 85.5 Å². The van der Waals surface area contributed by atoms with Crippen LogP contribution in [0, 0.1) is 5.53 Å². The fourth-order valence-corrected chi connectivity index (χ4v) is 1.39.